The first-order chi connectivity index (χ1) is 5.70. The van der Waals surface area contributed by atoms with Crippen molar-refractivity contribution in [2.75, 3.05) is 13.4 Å². The van der Waals surface area contributed by atoms with Gasteiger partial charge in [-0.1, -0.05) is 6.92 Å². The number of hydrogen-bond donors (Lipinski definition) is 0. The minimum atomic E-state index is -0.680. The molecule has 0 aliphatic heterocycles. The highest BCUT2D eigenvalue weighted by molar-refractivity contribution is 5.59. The molecule has 0 aliphatic rings. The fourth-order valence-electron chi connectivity index (χ4n) is 0.476. The molecule has 0 aromatic rings. The van der Waals surface area contributed by atoms with Crippen molar-refractivity contribution in [1.82, 2.24) is 0 Å². The molecule has 0 aliphatic carbocycles. The Balaban J connectivity index is 3.24. The molecule has 0 aromatic carbocycles. The number of carbonyl (C=O) groups excluding carboxylic acids is 1. The minimum Gasteiger partial charge on any atom is -0.435 e. The Morgan fingerprint density at radius 2 is 2.00 bits per heavy atom. The van der Waals surface area contributed by atoms with Crippen molar-refractivity contribution in [1.29, 1.82) is 0 Å². The maximum absolute atomic E-state index is 10.6. The van der Waals surface area contributed by atoms with Crippen LogP contribution < -0.4 is 0 Å². The summed E-state index contributed by atoms with van der Waals surface area (Å²) in [6, 6.07) is 0. The summed E-state index contributed by atoms with van der Waals surface area (Å²) < 4.78 is 14.2. The van der Waals surface area contributed by atoms with E-state index in [2.05, 4.69) is 9.47 Å². The van der Waals surface area contributed by atoms with Crippen LogP contribution in [-0.2, 0) is 14.2 Å². The van der Waals surface area contributed by atoms with E-state index in [1.54, 1.807) is 6.92 Å². The van der Waals surface area contributed by atoms with Crippen molar-refractivity contribution in [3.05, 3.63) is 0 Å². The van der Waals surface area contributed by atoms with Gasteiger partial charge in [0.2, 0.25) is 0 Å². The first-order valence-corrected chi connectivity index (χ1v) is 4.11. The van der Waals surface area contributed by atoms with Crippen LogP contribution in [0, 0.1) is 0 Å². The predicted octanol–water partition coefficient (Wildman–Crippen LogP) is 1.93. The average molecular weight is 176 g/mol. The lowest BCUT2D eigenvalue weighted by molar-refractivity contribution is -0.0711. The van der Waals surface area contributed by atoms with Crippen molar-refractivity contribution in [3.63, 3.8) is 0 Å². The molecule has 0 spiro atoms. The molecule has 4 heteroatoms. The molecule has 0 rings (SSSR count). The van der Waals surface area contributed by atoms with E-state index in [1.165, 1.54) is 0 Å². The first kappa shape index (κ1) is 11.2. The summed E-state index contributed by atoms with van der Waals surface area (Å²) >= 11 is 0. The summed E-state index contributed by atoms with van der Waals surface area (Å²) in [5, 5.41) is 0. The summed E-state index contributed by atoms with van der Waals surface area (Å²) in [5.74, 6) is 0. The zero-order chi connectivity index (χ0) is 9.40. The van der Waals surface area contributed by atoms with E-state index in [-0.39, 0.29) is 12.9 Å². The summed E-state index contributed by atoms with van der Waals surface area (Å²) in [4.78, 5) is 10.6. The third-order valence-corrected chi connectivity index (χ3v) is 1.37. The highest BCUT2D eigenvalue weighted by Crippen LogP contribution is 1.96. The lowest BCUT2D eigenvalue weighted by Gasteiger charge is -2.09. The van der Waals surface area contributed by atoms with Gasteiger partial charge in [0.05, 0.1) is 12.7 Å². The zero-order valence-electron chi connectivity index (χ0n) is 7.83. The molecular formula is C8H16O4. The molecule has 0 aromatic heterocycles. The number of ether oxygens (including phenoxy) is 3. The molecule has 0 N–H and O–H groups in total. The Morgan fingerprint density at radius 1 is 1.33 bits per heavy atom. The van der Waals surface area contributed by atoms with Gasteiger partial charge in [-0.15, -0.1) is 0 Å². The van der Waals surface area contributed by atoms with Crippen LogP contribution in [0.25, 0.3) is 0 Å². The number of hydrogen-bond acceptors (Lipinski definition) is 4. The van der Waals surface area contributed by atoms with Gasteiger partial charge in [0.15, 0.2) is 6.79 Å². The van der Waals surface area contributed by atoms with Gasteiger partial charge >= 0.3 is 6.16 Å². The van der Waals surface area contributed by atoms with Crippen LogP contribution in [0.4, 0.5) is 4.79 Å². The van der Waals surface area contributed by atoms with Crippen molar-refractivity contribution in [2.45, 2.75) is 33.3 Å². The fourth-order valence-corrected chi connectivity index (χ4v) is 0.476. The van der Waals surface area contributed by atoms with Gasteiger partial charge < -0.3 is 14.2 Å². The van der Waals surface area contributed by atoms with E-state index < -0.39 is 6.16 Å². The molecule has 0 bridgehead atoms. The predicted molar refractivity (Wildman–Crippen MR) is 43.8 cm³/mol. The molecule has 0 amide bonds. The summed E-state index contributed by atoms with van der Waals surface area (Å²) in [6.45, 7) is 5.91. The summed E-state index contributed by atoms with van der Waals surface area (Å²) in [6.07, 6.45) is 0.326. The second-order valence-corrected chi connectivity index (χ2v) is 2.33. The molecule has 4 nitrogen and oxygen atoms in total. The van der Waals surface area contributed by atoms with E-state index in [0.29, 0.717) is 6.61 Å². The second kappa shape index (κ2) is 6.91. The van der Waals surface area contributed by atoms with Crippen molar-refractivity contribution in [3.8, 4) is 0 Å². The fraction of sp³-hybridized carbons (Fsp3) is 0.875. The maximum atomic E-state index is 10.6. The highest BCUT2D eigenvalue weighted by Gasteiger charge is 2.03. The number of carbonyl (C=O) groups is 1. The summed E-state index contributed by atoms with van der Waals surface area (Å²) in [7, 11) is 0. The molecule has 0 fully saturated rings. The van der Waals surface area contributed by atoms with Crippen molar-refractivity contribution in [2.24, 2.45) is 0 Å². The minimum absolute atomic E-state index is 0.0339. The van der Waals surface area contributed by atoms with Crippen LogP contribution in [0.5, 0.6) is 0 Å². The molecule has 0 radical (unpaired) electrons. The van der Waals surface area contributed by atoms with Crippen molar-refractivity contribution < 1.29 is 19.0 Å². The van der Waals surface area contributed by atoms with Crippen LogP contribution in [0.1, 0.15) is 27.2 Å². The Labute approximate surface area is 72.8 Å². The standard InChI is InChI=1S/C8H16O4/c1-4-7(3)11-6-12-8(9)10-5-2/h7H,4-6H2,1-3H3/t7-/m0/s1. The Hall–Kier alpha value is -0.770. The lowest BCUT2D eigenvalue weighted by Crippen LogP contribution is -2.14. The topological polar surface area (TPSA) is 44.8 Å². The Morgan fingerprint density at radius 3 is 2.50 bits per heavy atom. The van der Waals surface area contributed by atoms with E-state index in [4.69, 9.17) is 4.74 Å². The third kappa shape index (κ3) is 5.97. The average Bonchev–Trinajstić information content (AvgIpc) is 2.04. The highest BCUT2D eigenvalue weighted by atomic mass is 16.8. The van der Waals surface area contributed by atoms with Crippen LogP contribution in [0.2, 0.25) is 0 Å². The first-order valence-electron chi connectivity index (χ1n) is 4.11. The molecule has 0 saturated heterocycles. The van der Waals surface area contributed by atoms with Crippen LogP contribution in [-0.4, -0.2) is 25.7 Å². The van der Waals surface area contributed by atoms with Crippen molar-refractivity contribution >= 4 is 6.16 Å². The second-order valence-electron chi connectivity index (χ2n) is 2.33. The van der Waals surface area contributed by atoms with Gasteiger partial charge in [0.1, 0.15) is 0 Å². The molecular weight excluding hydrogens is 160 g/mol. The third-order valence-electron chi connectivity index (χ3n) is 1.37. The SMILES string of the molecule is CCOC(=O)OCO[C@@H](C)CC. The van der Waals surface area contributed by atoms with Crippen LogP contribution >= 0.6 is 0 Å². The monoisotopic (exact) mass is 176 g/mol. The molecule has 0 saturated carbocycles. The molecule has 12 heavy (non-hydrogen) atoms. The van der Waals surface area contributed by atoms with Gasteiger partial charge in [-0.2, -0.15) is 0 Å². The maximum Gasteiger partial charge on any atom is 0.510 e. The quantitative estimate of drug-likeness (QED) is 0.474. The van der Waals surface area contributed by atoms with Gasteiger partial charge in [-0.3, -0.25) is 0 Å². The lowest BCUT2D eigenvalue weighted by atomic mass is 10.3. The van der Waals surface area contributed by atoms with Gasteiger partial charge in [-0.25, -0.2) is 4.79 Å². The smallest absolute Gasteiger partial charge is 0.435 e. The Kier molecular flexibility index (Phi) is 6.47. The normalized spacial score (nSPS) is 12.2. The van der Waals surface area contributed by atoms with E-state index in [9.17, 15) is 4.79 Å². The molecule has 72 valence electrons. The Bertz CT molecular complexity index is 124. The zero-order valence-corrected chi connectivity index (χ0v) is 7.83. The molecule has 1 atom stereocenters. The van der Waals surface area contributed by atoms with E-state index in [1.807, 2.05) is 13.8 Å². The van der Waals surface area contributed by atoms with Gasteiger partial charge in [-0.05, 0) is 20.3 Å². The summed E-state index contributed by atoms with van der Waals surface area (Å²) in [5.41, 5.74) is 0. The van der Waals surface area contributed by atoms with Crippen LogP contribution in [0.3, 0.4) is 0 Å². The van der Waals surface area contributed by atoms with Gasteiger partial charge in [0.25, 0.3) is 0 Å². The van der Waals surface area contributed by atoms with E-state index >= 15 is 0 Å². The van der Waals surface area contributed by atoms with Gasteiger partial charge in [0, 0.05) is 0 Å². The van der Waals surface area contributed by atoms with Crippen LogP contribution in [0.15, 0.2) is 0 Å². The molecule has 0 heterocycles. The largest absolute Gasteiger partial charge is 0.510 e. The molecule has 0 unspecified atom stereocenters. The van der Waals surface area contributed by atoms with E-state index in [0.717, 1.165) is 6.42 Å². The number of rotatable bonds is 5.